The number of nitrogens with two attached hydrogens (primary N) is 1. The molecule has 1 aliphatic heterocycles. The lowest BCUT2D eigenvalue weighted by molar-refractivity contribution is 0.180. The first-order chi connectivity index (χ1) is 9.86. The Bertz CT molecular complexity index is 528. The number of likely N-dealkylation sites (tertiary alicyclic amines) is 1. The van der Waals surface area contributed by atoms with Gasteiger partial charge in [-0.2, -0.15) is 0 Å². The number of benzene rings is 1. The first-order valence-corrected chi connectivity index (χ1v) is 7.41. The Morgan fingerprint density at radius 3 is 2.60 bits per heavy atom. The molecule has 3 rings (SSSR count). The van der Waals surface area contributed by atoms with Crippen molar-refractivity contribution in [1.29, 1.82) is 0 Å². The maximum Gasteiger partial charge on any atom is 0.134 e. The van der Waals surface area contributed by atoms with Crippen LogP contribution >= 0.6 is 0 Å². The van der Waals surface area contributed by atoms with Crippen molar-refractivity contribution in [2.45, 2.75) is 19.4 Å². The van der Waals surface area contributed by atoms with Crippen LogP contribution in [-0.2, 0) is 6.54 Å². The van der Waals surface area contributed by atoms with E-state index in [1.54, 1.807) is 6.26 Å². The lowest BCUT2D eigenvalue weighted by atomic mass is 9.96. The van der Waals surface area contributed by atoms with Crippen molar-refractivity contribution < 1.29 is 4.42 Å². The first kappa shape index (κ1) is 13.4. The van der Waals surface area contributed by atoms with Gasteiger partial charge < -0.3 is 10.2 Å². The number of piperidine rings is 1. The van der Waals surface area contributed by atoms with Crippen LogP contribution in [0.5, 0.6) is 0 Å². The van der Waals surface area contributed by atoms with E-state index < -0.39 is 0 Å². The summed E-state index contributed by atoms with van der Waals surface area (Å²) in [6, 6.07) is 12.5. The van der Waals surface area contributed by atoms with Gasteiger partial charge in [0.2, 0.25) is 0 Å². The van der Waals surface area contributed by atoms with Crippen molar-refractivity contribution >= 4 is 0 Å². The van der Waals surface area contributed by atoms with Crippen LogP contribution < -0.4 is 5.73 Å². The van der Waals surface area contributed by atoms with E-state index in [1.807, 2.05) is 12.1 Å². The fourth-order valence-electron chi connectivity index (χ4n) is 2.95. The minimum atomic E-state index is 0.714. The molecule has 2 aromatic rings. The van der Waals surface area contributed by atoms with Gasteiger partial charge >= 0.3 is 0 Å². The molecule has 1 aliphatic rings. The number of hydrogen-bond acceptors (Lipinski definition) is 3. The summed E-state index contributed by atoms with van der Waals surface area (Å²) in [5.41, 5.74) is 8.31. The van der Waals surface area contributed by atoms with E-state index in [0.717, 1.165) is 31.9 Å². The van der Waals surface area contributed by atoms with Gasteiger partial charge in [0, 0.05) is 12.1 Å². The smallest absolute Gasteiger partial charge is 0.134 e. The van der Waals surface area contributed by atoms with Gasteiger partial charge in [0.1, 0.15) is 5.76 Å². The van der Waals surface area contributed by atoms with Gasteiger partial charge in [0.05, 0.1) is 6.26 Å². The highest BCUT2D eigenvalue weighted by Crippen LogP contribution is 2.26. The standard InChI is InChI=1S/C17H22N2O/c18-12-14-7-9-19(10-8-14)13-15-4-1-2-5-16(15)17-6-3-11-20-17/h1-6,11,14H,7-10,12-13,18H2. The Labute approximate surface area is 120 Å². The van der Waals surface area contributed by atoms with Crippen molar-refractivity contribution in [3.8, 4) is 11.3 Å². The Morgan fingerprint density at radius 1 is 1.10 bits per heavy atom. The predicted octanol–water partition coefficient (Wildman–Crippen LogP) is 3.12. The molecule has 2 N–H and O–H groups in total. The molecule has 1 saturated heterocycles. The van der Waals surface area contributed by atoms with Gasteiger partial charge in [-0.1, -0.05) is 24.3 Å². The van der Waals surface area contributed by atoms with Crippen molar-refractivity contribution in [2.24, 2.45) is 11.7 Å². The van der Waals surface area contributed by atoms with Gasteiger partial charge in [-0.15, -0.1) is 0 Å². The lowest BCUT2D eigenvalue weighted by Crippen LogP contribution is -2.35. The van der Waals surface area contributed by atoms with Crippen LogP contribution in [0.2, 0.25) is 0 Å². The highest BCUT2D eigenvalue weighted by atomic mass is 16.3. The van der Waals surface area contributed by atoms with Crippen molar-refractivity contribution in [3.05, 3.63) is 48.2 Å². The summed E-state index contributed by atoms with van der Waals surface area (Å²) in [6.07, 6.45) is 4.18. The first-order valence-electron chi connectivity index (χ1n) is 7.41. The molecular formula is C17H22N2O. The Hall–Kier alpha value is -1.58. The zero-order valence-corrected chi connectivity index (χ0v) is 11.8. The topological polar surface area (TPSA) is 42.4 Å². The summed E-state index contributed by atoms with van der Waals surface area (Å²) in [4.78, 5) is 2.52. The summed E-state index contributed by atoms with van der Waals surface area (Å²) in [5, 5.41) is 0. The Balaban J connectivity index is 1.72. The molecule has 0 spiro atoms. The second-order valence-electron chi connectivity index (χ2n) is 5.59. The van der Waals surface area contributed by atoms with Crippen molar-refractivity contribution in [2.75, 3.05) is 19.6 Å². The molecule has 2 heterocycles. The third-order valence-electron chi connectivity index (χ3n) is 4.24. The van der Waals surface area contributed by atoms with E-state index in [2.05, 4.69) is 29.2 Å². The molecule has 1 aromatic heterocycles. The van der Waals surface area contributed by atoms with Crippen LogP contribution in [0.25, 0.3) is 11.3 Å². The molecular weight excluding hydrogens is 248 g/mol. The lowest BCUT2D eigenvalue weighted by Gasteiger charge is -2.31. The van der Waals surface area contributed by atoms with E-state index in [1.165, 1.54) is 24.0 Å². The molecule has 106 valence electrons. The number of nitrogens with zero attached hydrogens (tertiary/aromatic N) is 1. The minimum absolute atomic E-state index is 0.714. The number of furan rings is 1. The van der Waals surface area contributed by atoms with E-state index in [-0.39, 0.29) is 0 Å². The second-order valence-corrected chi connectivity index (χ2v) is 5.59. The molecule has 0 amide bonds. The molecule has 0 unspecified atom stereocenters. The maximum absolute atomic E-state index is 5.76. The Kier molecular flexibility index (Phi) is 4.19. The van der Waals surface area contributed by atoms with Gasteiger partial charge in [-0.25, -0.2) is 0 Å². The fourth-order valence-corrected chi connectivity index (χ4v) is 2.95. The molecule has 1 aromatic carbocycles. The molecule has 1 fully saturated rings. The Morgan fingerprint density at radius 2 is 1.90 bits per heavy atom. The van der Waals surface area contributed by atoms with Gasteiger partial charge in [-0.05, 0) is 56.1 Å². The molecule has 0 radical (unpaired) electrons. The summed E-state index contributed by atoms with van der Waals surface area (Å²) >= 11 is 0. The summed E-state index contributed by atoms with van der Waals surface area (Å²) in [5.74, 6) is 1.67. The van der Waals surface area contributed by atoms with Gasteiger partial charge in [0.25, 0.3) is 0 Å². The van der Waals surface area contributed by atoms with E-state index in [9.17, 15) is 0 Å². The summed E-state index contributed by atoms with van der Waals surface area (Å²) < 4.78 is 5.55. The molecule has 3 nitrogen and oxygen atoms in total. The van der Waals surface area contributed by atoms with Crippen LogP contribution in [0, 0.1) is 5.92 Å². The fraction of sp³-hybridized carbons (Fsp3) is 0.412. The maximum atomic E-state index is 5.76. The van der Waals surface area contributed by atoms with Crippen LogP contribution in [0.1, 0.15) is 18.4 Å². The molecule has 0 aliphatic carbocycles. The molecule has 0 bridgehead atoms. The SMILES string of the molecule is NCC1CCN(Cc2ccccc2-c2ccco2)CC1. The van der Waals surface area contributed by atoms with E-state index >= 15 is 0 Å². The third-order valence-corrected chi connectivity index (χ3v) is 4.24. The van der Waals surface area contributed by atoms with Crippen LogP contribution in [0.3, 0.4) is 0 Å². The highest BCUT2D eigenvalue weighted by Gasteiger charge is 2.19. The number of rotatable bonds is 4. The van der Waals surface area contributed by atoms with Gasteiger partial charge in [-0.3, -0.25) is 4.90 Å². The predicted molar refractivity (Wildman–Crippen MR) is 81.2 cm³/mol. The average molecular weight is 270 g/mol. The number of hydrogen-bond donors (Lipinski definition) is 1. The summed E-state index contributed by atoms with van der Waals surface area (Å²) in [6.45, 7) is 4.12. The quantitative estimate of drug-likeness (QED) is 0.928. The van der Waals surface area contributed by atoms with Crippen LogP contribution in [-0.4, -0.2) is 24.5 Å². The normalized spacial score (nSPS) is 17.4. The molecule has 20 heavy (non-hydrogen) atoms. The minimum Gasteiger partial charge on any atom is -0.464 e. The molecule has 0 atom stereocenters. The van der Waals surface area contributed by atoms with E-state index in [4.69, 9.17) is 10.2 Å². The largest absolute Gasteiger partial charge is 0.464 e. The monoisotopic (exact) mass is 270 g/mol. The van der Waals surface area contributed by atoms with Crippen molar-refractivity contribution in [1.82, 2.24) is 4.90 Å². The zero-order chi connectivity index (χ0) is 13.8. The van der Waals surface area contributed by atoms with Gasteiger partial charge in [0.15, 0.2) is 0 Å². The van der Waals surface area contributed by atoms with Crippen molar-refractivity contribution in [3.63, 3.8) is 0 Å². The van der Waals surface area contributed by atoms with Crippen LogP contribution in [0.4, 0.5) is 0 Å². The third kappa shape index (κ3) is 2.94. The zero-order valence-electron chi connectivity index (χ0n) is 11.8. The highest BCUT2D eigenvalue weighted by molar-refractivity contribution is 5.61. The van der Waals surface area contributed by atoms with E-state index in [0.29, 0.717) is 5.92 Å². The second kappa shape index (κ2) is 6.25. The summed E-state index contributed by atoms with van der Waals surface area (Å²) in [7, 11) is 0. The van der Waals surface area contributed by atoms with Crippen LogP contribution in [0.15, 0.2) is 47.1 Å². The molecule has 3 heteroatoms. The molecule has 0 saturated carbocycles. The average Bonchev–Trinajstić information content (AvgIpc) is 3.03.